The van der Waals surface area contributed by atoms with Gasteiger partial charge in [0.1, 0.15) is 5.65 Å². The van der Waals surface area contributed by atoms with E-state index in [0.717, 1.165) is 4.68 Å². The molecule has 13 heavy (non-hydrogen) atoms. The molecular formula is C8H9KN3O-. The first-order chi connectivity index (χ1) is 5.29. The smallest absolute Gasteiger partial charge is 0.360 e. The number of aromatic nitrogens is 3. The SMILES string of the molecule is [CH2-]n1nc2ccccn2c1=O.[CH3-].[K+]. The molecule has 0 radical (unpaired) electrons. The van der Waals surface area contributed by atoms with Crippen LogP contribution in [0.2, 0.25) is 0 Å². The van der Waals surface area contributed by atoms with Gasteiger partial charge < -0.3 is 21.3 Å². The quantitative estimate of drug-likeness (QED) is 0.353. The van der Waals surface area contributed by atoms with Gasteiger partial charge in [0.15, 0.2) is 5.69 Å². The van der Waals surface area contributed by atoms with Crippen molar-refractivity contribution < 1.29 is 51.4 Å². The Labute approximate surface area is 119 Å². The second kappa shape index (κ2) is 4.97. The summed E-state index contributed by atoms with van der Waals surface area (Å²) >= 11 is 0. The molecule has 0 unspecified atom stereocenters. The molecule has 64 valence electrons. The first-order valence-electron chi connectivity index (χ1n) is 3.16. The molecule has 0 atom stereocenters. The number of pyridine rings is 1. The van der Waals surface area contributed by atoms with Gasteiger partial charge in [0, 0.05) is 0 Å². The summed E-state index contributed by atoms with van der Waals surface area (Å²) in [5.41, 5.74) is 0.396. The summed E-state index contributed by atoms with van der Waals surface area (Å²) in [5.74, 6) is 0. The van der Waals surface area contributed by atoms with E-state index in [4.69, 9.17) is 0 Å². The Hall–Kier alpha value is -0.0736. The zero-order valence-electron chi connectivity index (χ0n) is 7.77. The van der Waals surface area contributed by atoms with Gasteiger partial charge in [-0.3, -0.25) is 0 Å². The molecule has 0 aliphatic rings. The van der Waals surface area contributed by atoms with Gasteiger partial charge in [-0.05, 0) is 18.3 Å². The van der Waals surface area contributed by atoms with Crippen LogP contribution < -0.4 is 57.1 Å². The van der Waals surface area contributed by atoms with Crippen LogP contribution in [0.3, 0.4) is 0 Å². The van der Waals surface area contributed by atoms with Crippen LogP contribution in [0.25, 0.3) is 5.65 Å². The fourth-order valence-electron chi connectivity index (χ4n) is 0.968. The summed E-state index contributed by atoms with van der Waals surface area (Å²) < 4.78 is 2.50. The summed E-state index contributed by atoms with van der Waals surface area (Å²) in [7, 11) is 3.43. The van der Waals surface area contributed by atoms with Crippen LogP contribution in [0.15, 0.2) is 29.2 Å². The maximum atomic E-state index is 11.1. The Morgan fingerprint density at radius 3 is 2.69 bits per heavy atom. The van der Waals surface area contributed by atoms with Gasteiger partial charge in [-0.2, -0.15) is 12.1 Å². The molecule has 0 spiro atoms. The maximum Gasteiger partial charge on any atom is 1.00 e. The summed E-state index contributed by atoms with van der Waals surface area (Å²) in [4.78, 5) is 11.1. The second-order valence-corrected chi connectivity index (χ2v) is 2.21. The molecule has 0 aromatic carbocycles. The van der Waals surface area contributed by atoms with E-state index in [9.17, 15) is 4.79 Å². The van der Waals surface area contributed by atoms with Crippen LogP contribution in [0.4, 0.5) is 0 Å². The molecule has 0 N–H and O–H groups in total. The van der Waals surface area contributed by atoms with Crippen molar-refractivity contribution in [3.8, 4) is 0 Å². The number of fused-ring (bicyclic) bond motifs is 1. The molecule has 4 nitrogen and oxygen atoms in total. The van der Waals surface area contributed by atoms with E-state index in [-0.39, 0.29) is 64.5 Å². The van der Waals surface area contributed by atoms with Crippen molar-refractivity contribution in [2.45, 2.75) is 0 Å². The molecule has 2 aromatic rings. The monoisotopic (exact) mass is 202 g/mol. The molecule has 2 heterocycles. The predicted molar refractivity (Wildman–Crippen MR) is 46.6 cm³/mol. The van der Waals surface area contributed by atoms with E-state index in [0.29, 0.717) is 5.65 Å². The van der Waals surface area contributed by atoms with E-state index in [1.54, 1.807) is 18.3 Å². The molecule has 0 saturated heterocycles. The van der Waals surface area contributed by atoms with Crippen molar-refractivity contribution in [1.29, 1.82) is 0 Å². The van der Waals surface area contributed by atoms with Crippen molar-refractivity contribution in [2.75, 3.05) is 0 Å². The van der Waals surface area contributed by atoms with Crippen LogP contribution in [-0.4, -0.2) is 14.2 Å². The van der Waals surface area contributed by atoms with E-state index >= 15 is 0 Å². The molecule has 2 rings (SSSR count). The molecule has 0 amide bonds. The Morgan fingerprint density at radius 2 is 2.08 bits per heavy atom. The molecule has 0 fully saturated rings. The zero-order valence-corrected chi connectivity index (χ0v) is 10.9. The van der Waals surface area contributed by atoms with Crippen LogP contribution in [0.5, 0.6) is 0 Å². The maximum absolute atomic E-state index is 11.1. The minimum atomic E-state index is -0.222. The van der Waals surface area contributed by atoms with Crippen LogP contribution in [0.1, 0.15) is 0 Å². The fourth-order valence-corrected chi connectivity index (χ4v) is 0.968. The van der Waals surface area contributed by atoms with Gasteiger partial charge in [0.2, 0.25) is 0 Å². The standard InChI is InChI=1S/C7H6N3O.CH3.K/c1-9-7(11)10-5-3-2-4-6(10)8-9;;/h2-5H,1H2;1H3;/q2*-1;+1. The third kappa shape index (κ3) is 2.24. The molecular weight excluding hydrogens is 193 g/mol. The fraction of sp³-hybridized carbons (Fsp3) is 0. The Bertz CT molecular complexity index is 446. The van der Waals surface area contributed by atoms with Gasteiger partial charge >= 0.3 is 51.4 Å². The zero-order chi connectivity index (χ0) is 7.84. The van der Waals surface area contributed by atoms with Crippen LogP contribution >= 0.6 is 0 Å². The van der Waals surface area contributed by atoms with Gasteiger partial charge in [0.25, 0.3) is 0 Å². The number of hydrogen-bond acceptors (Lipinski definition) is 2. The van der Waals surface area contributed by atoms with Gasteiger partial charge in [0.05, 0.1) is 0 Å². The van der Waals surface area contributed by atoms with Crippen molar-refractivity contribution in [2.24, 2.45) is 0 Å². The number of rotatable bonds is 0. The average Bonchev–Trinajstić information content (AvgIpc) is 2.30. The summed E-state index contributed by atoms with van der Waals surface area (Å²) in [5, 5.41) is 3.87. The molecule has 0 aliphatic heterocycles. The molecule has 2 aromatic heterocycles. The summed E-state index contributed by atoms with van der Waals surface area (Å²) in [6, 6.07) is 5.35. The normalized spacial score (nSPS) is 8.92. The van der Waals surface area contributed by atoms with Crippen LogP contribution in [0, 0.1) is 14.5 Å². The largest absolute Gasteiger partial charge is 1.00 e. The van der Waals surface area contributed by atoms with Gasteiger partial charge in [-0.25, -0.2) is 0 Å². The number of nitrogens with zero attached hydrogens (tertiary/aromatic N) is 3. The third-order valence-corrected chi connectivity index (χ3v) is 1.49. The van der Waals surface area contributed by atoms with Gasteiger partial charge in [-0.1, -0.05) is 6.07 Å². The van der Waals surface area contributed by atoms with E-state index in [1.807, 2.05) is 6.07 Å². The third-order valence-electron chi connectivity index (χ3n) is 1.49. The molecule has 5 heteroatoms. The van der Waals surface area contributed by atoms with Crippen LogP contribution in [-0.2, 0) is 0 Å². The summed E-state index contributed by atoms with van der Waals surface area (Å²) in [6.45, 7) is 0. The average molecular weight is 202 g/mol. The minimum absolute atomic E-state index is 0. The first-order valence-corrected chi connectivity index (χ1v) is 3.16. The van der Waals surface area contributed by atoms with E-state index < -0.39 is 0 Å². The minimum Gasteiger partial charge on any atom is -0.360 e. The number of hydrogen-bond donors (Lipinski definition) is 0. The van der Waals surface area contributed by atoms with Gasteiger partial charge in [-0.15, -0.1) is 0 Å². The Balaban J connectivity index is 0.000000720. The first kappa shape index (κ1) is 12.9. The Morgan fingerprint density at radius 1 is 1.38 bits per heavy atom. The molecule has 0 bridgehead atoms. The summed E-state index contributed by atoms with van der Waals surface area (Å²) in [6.07, 6.45) is 1.66. The van der Waals surface area contributed by atoms with E-state index in [2.05, 4.69) is 12.1 Å². The topological polar surface area (TPSA) is 39.3 Å². The van der Waals surface area contributed by atoms with Crippen molar-refractivity contribution in [1.82, 2.24) is 14.2 Å². The molecule has 0 saturated carbocycles. The second-order valence-electron chi connectivity index (χ2n) is 2.21. The van der Waals surface area contributed by atoms with Crippen molar-refractivity contribution >= 4 is 5.65 Å². The van der Waals surface area contributed by atoms with Crippen molar-refractivity contribution in [3.05, 3.63) is 49.4 Å². The van der Waals surface area contributed by atoms with E-state index in [1.165, 1.54) is 4.40 Å². The predicted octanol–water partition coefficient (Wildman–Crippen LogP) is -2.41. The molecule has 0 aliphatic carbocycles. The Kier molecular flexibility index (Phi) is 4.94. The van der Waals surface area contributed by atoms with Crippen molar-refractivity contribution in [3.63, 3.8) is 0 Å².